The third-order valence-electron chi connectivity index (χ3n) is 5.18. The summed E-state index contributed by atoms with van der Waals surface area (Å²) in [4.78, 5) is 9.44. The summed E-state index contributed by atoms with van der Waals surface area (Å²) in [6, 6.07) is 21.5. The van der Waals surface area contributed by atoms with Gasteiger partial charge >= 0.3 is 0 Å². The quantitative estimate of drug-likeness (QED) is 0.383. The maximum Gasteiger partial charge on any atom is 0.251 e. The molecule has 0 radical (unpaired) electrons. The summed E-state index contributed by atoms with van der Waals surface area (Å²) < 4.78 is 25.5. The first-order valence-corrected chi connectivity index (χ1v) is 9.97. The van der Waals surface area contributed by atoms with E-state index in [1.807, 2.05) is 48.5 Å². The van der Waals surface area contributed by atoms with E-state index in [0.717, 1.165) is 28.2 Å². The Morgan fingerprint density at radius 2 is 1.19 bits per heavy atom. The van der Waals surface area contributed by atoms with Crippen molar-refractivity contribution < 1.29 is 13.9 Å². The second-order valence-electron chi connectivity index (χ2n) is 7.14. The van der Waals surface area contributed by atoms with E-state index >= 15 is 0 Å². The summed E-state index contributed by atoms with van der Waals surface area (Å²) in [7, 11) is 3.26. The van der Waals surface area contributed by atoms with Crippen LogP contribution in [0.5, 0.6) is 11.5 Å². The second kappa shape index (κ2) is 8.11. The van der Waals surface area contributed by atoms with Crippen molar-refractivity contribution in [3.63, 3.8) is 0 Å². The predicted octanol–water partition coefficient (Wildman–Crippen LogP) is 5.28. The van der Waals surface area contributed by atoms with E-state index in [1.165, 1.54) is 12.1 Å². The van der Waals surface area contributed by atoms with E-state index in [1.54, 1.807) is 37.1 Å². The number of nitrogens with zero attached hydrogens (tertiary/aromatic N) is 4. The van der Waals surface area contributed by atoms with Crippen LogP contribution in [0.15, 0.2) is 79.0 Å². The van der Waals surface area contributed by atoms with E-state index in [-0.39, 0.29) is 5.82 Å². The molecule has 5 rings (SSSR count). The second-order valence-corrected chi connectivity index (χ2v) is 7.14. The fourth-order valence-corrected chi connectivity index (χ4v) is 3.47. The first-order chi connectivity index (χ1) is 15.6. The Bertz CT molecular complexity index is 1290. The highest BCUT2D eigenvalue weighted by atomic mass is 19.1. The predicted molar refractivity (Wildman–Crippen MR) is 120 cm³/mol. The van der Waals surface area contributed by atoms with Gasteiger partial charge in [-0.2, -0.15) is 5.10 Å². The highest BCUT2D eigenvalue weighted by Crippen LogP contribution is 2.31. The molecule has 0 amide bonds. The van der Waals surface area contributed by atoms with Crippen LogP contribution in [0.1, 0.15) is 0 Å². The van der Waals surface area contributed by atoms with E-state index in [4.69, 9.17) is 19.6 Å². The van der Waals surface area contributed by atoms with Crippen molar-refractivity contribution in [3.8, 4) is 45.3 Å². The van der Waals surface area contributed by atoms with Crippen molar-refractivity contribution in [1.82, 2.24) is 19.6 Å². The number of aromatic nitrogens is 4. The third kappa shape index (κ3) is 3.65. The van der Waals surface area contributed by atoms with E-state index in [0.29, 0.717) is 22.9 Å². The molecular weight excluding hydrogens is 407 g/mol. The minimum Gasteiger partial charge on any atom is -0.497 e. The van der Waals surface area contributed by atoms with Crippen LogP contribution < -0.4 is 9.47 Å². The van der Waals surface area contributed by atoms with Gasteiger partial charge in [-0.1, -0.05) is 0 Å². The van der Waals surface area contributed by atoms with Gasteiger partial charge in [0.25, 0.3) is 5.78 Å². The molecule has 0 N–H and O–H groups in total. The van der Waals surface area contributed by atoms with Crippen molar-refractivity contribution in [1.29, 1.82) is 0 Å². The number of ether oxygens (including phenoxy) is 2. The average Bonchev–Trinajstić information content (AvgIpc) is 3.27. The zero-order valence-electron chi connectivity index (χ0n) is 17.5. The Hall–Kier alpha value is -4.26. The van der Waals surface area contributed by atoms with Crippen LogP contribution in [0.4, 0.5) is 4.39 Å². The molecule has 0 bridgehead atoms. The first kappa shape index (κ1) is 19.7. The fraction of sp³-hybridized carbons (Fsp3) is 0.0800. The zero-order valence-corrected chi connectivity index (χ0v) is 17.5. The molecule has 0 aliphatic heterocycles. The highest BCUT2D eigenvalue weighted by molar-refractivity contribution is 5.79. The molecule has 158 valence electrons. The van der Waals surface area contributed by atoms with Gasteiger partial charge in [-0.3, -0.25) is 0 Å². The van der Waals surface area contributed by atoms with Gasteiger partial charge in [0, 0.05) is 16.7 Å². The van der Waals surface area contributed by atoms with Crippen LogP contribution in [0.2, 0.25) is 0 Å². The molecule has 0 atom stereocenters. The van der Waals surface area contributed by atoms with Gasteiger partial charge in [-0.25, -0.2) is 18.9 Å². The van der Waals surface area contributed by atoms with Crippen molar-refractivity contribution >= 4 is 5.78 Å². The number of benzene rings is 3. The molecule has 0 saturated heterocycles. The number of hydrogen-bond acceptors (Lipinski definition) is 5. The molecule has 0 unspecified atom stereocenters. The normalized spacial score (nSPS) is 11.0. The number of fused-ring (bicyclic) bond motifs is 1. The van der Waals surface area contributed by atoms with E-state index in [2.05, 4.69) is 4.98 Å². The Morgan fingerprint density at radius 1 is 0.656 bits per heavy atom. The van der Waals surface area contributed by atoms with Crippen LogP contribution in [0.3, 0.4) is 0 Å². The van der Waals surface area contributed by atoms with Crippen molar-refractivity contribution in [2.45, 2.75) is 0 Å². The summed E-state index contributed by atoms with van der Waals surface area (Å²) in [6.07, 6.45) is 1.79. The number of imidazole rings is 1. The molecule has 6 nitrogen and oxygen atoms in total. The average molecular weight is 426 g/mol. The van der Waals surface area contributed by atoms with Crippen molar-refractivity contribution in [2.75, 3.05) is 14.2 Å². The molecule has 0 spiro atoms. The Morgan fingerprint density at radius 3 is 1.75 bits per heavy atom. The van der Waals surface area contributed by atoms with Crippen LogP contribution in [-0.4, -0.2) is 33.8 Å². The molecule has 0 fully saturated rings. The molecular formula is C25H19FN4O2. The summed E-state index contributed by atoms with van der Waals surface area (Å²) in [5, 5.41) is 4.83. The number of rotatable bonds is 5. The topological polar surface area (TPSA) is 61.5 Å². The molecule has 5 aromatic rings. The van der Waals surface area contributed by atoms with Gasteiger partial charge in [0.05, 0.1) is 26.1 Å². The van der Waals surface area contributed by atoms with Gasteiger partial charge in [0.1, 0.15) is 28.7 Å². The number of hydrogen-bond donors (Lipinski definition) is 0. The first-order valence-electron chi connectivity index (χ1n) is 9.97. The highest BCUT2D eigenvalue weighted by Gasteiger charge is 2.16. The summed E-state index contributed by atoms with van der Waals surface area (Å²) in [5.74, 6) is 1.67. The van der Waals surface area contributed by atoms with Crippen molar-refractivity contribution in [2.24, 2.45) is 0 Å². The molecule has 2 aromatic heterocycles. The molecule has 2 heterocycles. The maximum absolute atomic E-state index is 13.3. The molecule has 0 aliphatic carbocycles. The van der Waals surface area contributed by atoms with Crippen molar-refractivity contribution in [3.05, 3.63) is 84.8 Å². The molecule has 3 aromatic carbocycles. The van der Waals surface area contributed by atoms with Crippen LogP contribution in [0, 0.1) is 5.82 Å². The van der Waals surface area contributed by atoms with E-state index < -0.39 is 0 Å². The minimum absolute atomic E-state index is 0.294. The summed E-state index contributed by atoms with van der Waals surface area (Å²) >= 11 is 0. The van der Waals surface area contributed by atoms with Crippen LogP contribution in [-0.2, 0) is 0 Å². The molecule has 0 saturated carbocycles. The Kier molecular flexibility index (Phi) is 4.99. The largest absolute Gasteiger partial charge is 0.497 e. The number of methoxy groups -OCH3 is 2. The zero-order chi connectivity index (χ0) is 22.1. The minimum atomic E-state index is -0.294. The van der Waals surface area contributed by atoms with Crippen LogP contribution >= 0.6 is 0 Å². The van der Waals surface area contributed by atoms with Gasteiger partial charge in [-0.05, 0) is 72.8 Å². The third-order valence-corrected chi connectivity index (χ3v) is 5.18. The Labute approximate surface area is 183 Å². The lowest BCUT2D eigenvalue weighted by Gasteiger charge is -2.10. The molecule has 32 heavy (non-hydrogen) atoms. The summed E-state index contributed by atoms with van der Waals surface area (Å²) in [5.41, 5.74) is 4.63. The standard InChI is InChI=1S/C25H19FN4O2/c1-31-20-11-5-17(6-12-20)23-24(18-7-13-21(32-2)14-8-18)29-30-15-22(27-25(30)28-23)16-3-9-19(26)10-4-16/h3-15H,1-2H3. The Balaban J connectivity index is 1.69. The van der Waals surface area contributed by atoms with Gasteiger partial charge in [0.2, 0.25) is 0 Å². The lowest BCUT2D eigenvalue weighted by Crippen LogP contribution is -2.01. The number of halogens is 1. The van der Waals surface area contributed by atoms with E-state index in [9.17, 15) is 4.39 Å². The fourth-order valence-electron chi connectivity index (χ4n) is 3.47. The van der Waals surface area contributed by atoms with Gasteiger partial charge < -0.3 is 9.47 Å². The molecule has 0 aliphatic rings. The lowest BCUT2D eigenvalue weighted by molar-refractivity contribution is 0.414. The smallest absolute Gasteiger partial charge is 0.251 e. The monoisotopic (exact) mass is 426 g/mol. The van der Waals surface area contributed by atoms with Crippen LogP contribution in [0.25, 0.3) is 39.5 Å². The van der Waals surface area contributed by atoms with Gasteiger partial charge in [0.15, 0.2) is 0 Å². The molecule has 7 heteroatoms. The van der Waals surface area contributed by atoms with Gasteiger partial charge in [-0.15, -0.1) is 0 Å². The summed E-state index contributed by atoms with van der Waals surface area (Å²) in [6.45, 7) is 0. The maximum atomic E-state index is 13.3. The SMILES string of the molecule is COc1ccc(-c2nc3nc(-c4ccc(F)cc4)cn3nc2-c2ccc(OC)cc2)cc1. The lowest BCUT2D eigenvalue weighted by atomic mass is 10.0.